The first-order chi connectivity index (χ1) is 9.24. The second-order valence-electron chi connectivity index (χ2n) is 8.48. The van der Waals surface area contributed by atoms with Crippen molar-refractivity contribution in [1.29, 1.82) is 0 Å². The maximum Gasteiger partial charge on any atom is 0.159 e. The molecule has 4 atom stereocenters. The number of rotatable bonds is 0. The van der Waals surface area contributed by atoms with E-state index in [9.17, 15) is 4.79 Å². The molecule has 4 saturated carbocycles. The maximum absolute atomic E-state index is 11.2. The van der Waals surface area contributed by atoms with Crippen LogP contribution in [0.3, 0.4) is 0 Å². The molecular weight excluding hydrogens is 244 g/mol. The molecule has 0 amide bonds. The molecule has 0 spiro atoms. The molecule has 1 heteroatoms. The van der Waals surface area contributed by atoms with E-state index in [1.54, 1.807) is 6.08 Å². The summed E-state index contributed by atoms with van der Waals surface area (Å²) in [6.07, 6.45) is 9.07. The zero-order valence-corrected chi connectivity index (χ0v) is 13.4. The van der Waals surface area contributed by atoms with E-state index in [2.05, 4.69) is 40.3 Å². The highest BCUT2D eigenvalue weighted by molar-refractivity contribution is 5.94. The highest BCUT2D eigenvalue weighted by Gasteiger charge is 2.52. The molecule has 0 aromatic carbocycles. The summed E-state index contributed by atoms with van der Waals surface area (Å²) in [6, 6.07) is 0. The highest BCUT2D eigenvalue weighted by atomic mass is 16.1. The average molecular weight is 272 g/mol. The minimum Gasteiger partial charge on any atom is -0.295 e. The molecule has 0 aliphatic heterocycles. The van der Waals surface area contributed by atoms with Gasteiger partial charge in [0.15, 0.2) is 5.78 Å². The molecule has 0 saturated heterocycles. The van der Waals surface area contributed by atoms with Gasteiger partial charge in [-0.05, 0) is 60.3 Å². The molecule has 0 aromatic rings. The van der Waals surface area contributed by atoms with Crippen LogP contribution in [0.15, 0.2) is 24.3 Å². The summed E-state index contributed by atoms with van der Waals surface area (Å²) >= 11 is 0. The van der Waals surface area contributed by atoms with Gasteiger partial charge in [-0.15, -0.1) is 0 Å². The SMILES string of the molecule is C=C1CC[C@H]2C[C@@H]1C2(C)C.CC1(C)[C@H]2C=CC(=O)[C@@H]1C2. The summed E-state index contributed by atoms with van der Waals surface area (Å²) in [5, 5.41) is 0. The van der Waals surface area contributed by atoms with Gasteiger partial charge in [0.2, 0.25) is 0 Å². The maximum atomic E-state index is 11.2. The highest BCUT2D eigenvalue weighted by Crippen LogP contribution is 2.60. The van der Waals surface area contributed by atoms with Crippen molar-refractivity contribution in [3.63, 3.8) is 0 Å². The Kier molecular flexibility index (Phi) is 3.05. The molecule has 0 unspecified atom stereocenters. The number of carbonyl (C=O) groups is 1. The third-order valence-electron chi connectivity index (χ3n) is 6.96. The van der Waals surface area contributed by atoms with Gasteiger partial charge in [0.25, 0.3) is 0 Å². The van der Waals surface area contributed by atoms with Crippen molar-refractivity contribution in [1.82, 2.24) is 0 Å². The van der Waals surface area contributed by atoms with Crippen LogP contribution < -0.4 is 0 Å². The Morgan fingerprint density at radius 3 is 2.10 bits per heavy atom. The van der Waals surface area contributed by atoms with Crippen LogP contribution in [-0.4, -0.2) is 5.78 Å². The van der Waals surface area contributed by atoms with E-state index >= 15 is 0 Å². The number of carbonyl (C=O) groups excluding carboxylic acids is 1. The molecular formula is C19H28O. The summed E-state index contributed by atoms with van der Waals surface area (Å²) in [4.78, 5) is 11.2. The van der Waals surface area contributed by atoms with Gasteiger partial charge in [-0.1, -0.05) is 45.9 Å². The third-order valence-corrected chi connectivity index (χ3v) is 6.96. The van der Waals surface area contributed by atoms with Crippen molar-refractivity contribution in [2.45, 2.75) is 53.4 Å². The van der Waals surface area contributed by atoms with Crippen LogP contribution in [0, 0.1) is 34.5 Å². The molecule has 6 aliphatic rings. The molecule has 20 heavy (non-hydrogen) atoms. The fourth-order valence-electron chi connectivity index (χ4n) is 4.83. The van der Waals surface area contributed by atoms with E-state index in [0.717, 1.165) is 18.3 Å². The lowest BCUT2D eigenvalue weighted by Crippen LogP contribution is -2.50. The molecule has 6 rings (SSSR count). The van der Waals surface area contributed by atoms with E-state index in [1.165, 1.54) is 24.8 Å². The minimum atomic E-state index is 0.270. The van der Waals surface area contributed by atoms with E-state index in [4.69, 9.17) is 0 Å². The quantitative estimate of drug-likeness (QED) is 0.580. The molecule has 110 valence electrons. The standard InChI is InChI=1S/C10H16.C9H12O/c1-7-4-5-8-6-9(7)10(8,2)3;1-9(2)6-3-4-8(10)7(9)5-6/h8-9H,1,4-6H2,2-3H3;3-4,6-7H,5H2,1-2H3/t8-,9-;6-,7-/m00/s1. The fourth-order valence-corrected chi connectivity index (χ4v) is 4.83. The van der Waals surface area contributed by atoms with Gasteiger partial charge in [0.1, 0.15) is 0 Å². The second kappa shape index (κ2) is 4.32. The zero-order valence-electron chi connectivity index (χ0n) is 13.4. The number of hydrogen-bond acceptors (Lipinski definition) is 1. The van der Waals surface area contributed by atoms with Gasteiger partial charge in [-0.3, -0.25) is 4.79 Å². The Morgan fingerprint density at radius 2 is 1.80 bits per heavy atom. The van der Waals surface area contributed by atoms with Gasteiger partial charge in [-0.25, -0.2) is 0 Å². The Labute approximate surface area is 123 Å². The van der Waals surface area contributed by atoms with Crippen molar-refractivity contribution in [2.75, 3.05) is 0 Å². The second-order valence-corrected chi connectivity index (χ2v) is 8.48. The summed E-state index contributed by atoms with van der Waals surface area (Å²) in [5.74, 6) is 3.24. The number of allylic oxidation sites excluding steroid dienone is 3. The van der Waals surface area contributed by atoms with Gasteiger partial charge < -0.3 is 0 Å². The minimum absolute atomic E-state index is 0.270. The predicted octanol–water partition coefficient (Wildman–Crippen LogP) is 4.79. The van der Waals surface area contributed by atoms with E-state index in [-0.39, 0.29) is 5.41 Å². The molecule has 6 aliphatic carbocycles. The number of ketones is 1. The van der Waals surface area contributed by atoms with Crippen LogP contribution in [0.4, 0.5) is 0 Å². The van der Waals surface area contributed by atoms with Gasteiger partial charge in [-0.2, -0.15) is 0 Å². The summed E-state index contributed by atoms with van der Waals surface area (Å²) in [7, 11) is 0. The van der Waals surface area contributed by atoms with E-state index < -0.39 is 0 Å². The van der Waals surface area contributed by atoms with Crippen molar-refractivity contribution in [3.05, 3.63) is 24.3 Å². The zero-order chi connectivity index (χ0) is 14.7. The summed E-state index contributed by atoms with van der Waals surface area (Å²) < 4.78 is 0. The lowest BCUT2D eigenvalue weighted by molar-refractivity contribution is -0.132. The van der Waals surface area contributed by atoms with Crippen LogP contribution in [0.25, 0.3) is 0 Å². The smallest absolute Gasteiger partial charge is 0.159 e. The molecule has 4 fully saturated rings. The van der Waals surface area contributed by atoms with Crippen molar-refractivity contribution in [2.24, 2.45) is 34.5 Å². The Hall–Kier alpha value is -0.850. The molecule has 1 nitrogen and oxygen atoms in total. The van der Waals surface area contributed by atoms with Crippen LogP contribution in [-0.2, 0) is 4.79 Å². The van der Waals surface area contributed by atoms with Crippen LogP contribution in [0.5, 0.6) is 0 Å². The van der Waals surface area contributed by atoms with Crippen LogP contribution >= 0.6 is 0 Å². The van der Waals surface area contributed by atoms with Crippen molar-refractivity contribution in [3.8, 4) is 0 Å². The third kappa shape index (κ3) is 1.85. The lowest BCUT2D eigenvalue weighted by atomic mass is 9.47. The van der Waals surface area contributed by atoms with Crippen molar-refractivity contribution < 1.29 is 4.79 Å². The van der Waals surface area contributed by atoms with Gasteiger partial charge in [0, 0.05) is 5.92 Å². The first kappa shape index (κ1) is 14.1. The number of hydrogen-bond donors (Lipinski definition) is 0. The predicted molar refractivity (Wildman–Crippen MR) is 83.3 cm³/mol. The van der Waals surface area contributed by atoms with Crippen LogP contribution in [0.1, 0.15) is 53.4 Å². The Balaban J connectivity index is 0.000000121. The van der Waals surface area contributed by atoms with E-state index in [1.807, 2.05) is 0 Å². The first-order valence-corrected chi connectivity index (χ1v) is 8.14. The Bertz CT molecular complexity index is 478. The van der Waals surface area contributed by atoms with Gasteiger partial charge in [0.05, 0.1) is 0 Å². The molecule has 0 radical (unpaired) electrons. The summed E-state index contributed by atoms with van der Waals surface area (Å²) in [6.45, 7) is 13.3. The van der Waals surface area contributed by atoms with Crippen molar-refractivity contribution >= 4 is 5.78 Å². The first-order valence-electron chi connectivity index (χ1n) is 8.14. The summed E-state index contributed by atoms with van der Waals surface area (Å²) in [5.41, 5.74) is 2.40. The van der Waals surface area contributed by atoms with E-state index in [0.29, 0.717) is 23.0 Å². The monoisotopic (exact) mass is 272 g/mol. The number of fused-ring (bicyclic) bond motifs is 3. The molecule has 0 heterocycles. The topological polar surface area (TPSA) is 17.1 Å². The molecule has 0 aromatic heterocycles. The van der Waals surface area contributed by atoms with Gasteiger partial charge >= 0.3 is 0 Å². The largest absolute Gasteiger partial charge is 0.295 e. The fraction of sp³-hybridized carbons (Fsp3) is 0.737. The lowest BCUT2D eigenvalue weighted by Gasteiger charge is -2.57. The average Bonchev–Trinajstić information content (AvgIpc) is 2.38. The normalized spacial score (nSPS) is 42.0. The molecule has 4 bridgehead atoms. The Morgan fingerprint density at radius 1 is 1.10 bits per heavy atom. The van der Waals surface area contributed by atoms with Crippen LogP contribution in [0.2, 0.25) is 0 Å². The molecule has 0 N–H and O–H groups in total.